The van der Waals surface area contributed by atoms with Crippen molar-refractivity contribution in [3.8, 4) is 0 Å². The number of hydrogen-bond acceptors (Lipinski definition) is 2. The van der Waals surface area contributed by atoms with Crippen LogP contribution in [0.2, 0.25) is 0 Å². The van der Waals surface area contributed by atoms with E-state index in [0.717, 1.165) is 35.8 Å². The maximum atomic E-state index is 11.4. The summed E-state index contributed by atoms with van der Waals surface area (Å²) in [6, 6.07) is 5.29. The molecule has 2 aromatic rings. The van der Waals surface area contributed by atoms with Crippen LogP contribution in [0, 0.1) is 11.8 Å². The molecule has 3 rings (SSSR count). The van der Waals surface area contributed by atoms with Crippen LogP contribution in [0.4, 0.5) is 0 Å². The molecule has 0 atom stereocenters. The van der Waals surface area contributed by atoms with Gasteiger partial charge < -0.3 is 9.67 Å². The van der Waals surface area contributed by atoms with Gasteiger partial charge in [-0.15, -0.1) is 0 Å². The molecule has 0 saturated heterocycles. The third-order valence-electron chi connectivity index (χ3n) is 4.78. The number of imidazole rings is 1. The van der Waals surface area contributed by atoms with Gasteiger partial charge in [-0.3, -0.25) is 0 Å². The first-order valence-corrected chi connectivity index (χ1v) is 7.82. The van der Waals surface area contributed by atoms with Gasteiger partial charge in [0.15, 0.2) is 0 Å². The monoisotopic (exact) mass is 286 g/mol. The van der Waals surface area contributed by atoms with Gasteiger partial charge in [-0.25, -0.2) is 9.78 Å². The third kappa shape index (κ3) is 2.94. The molecule has 1 N–H and O–H groups in total. The van der Waals surface area contributed by atoms with Gasteiger partial charge in [-0.2, -0.15) is 0 Å². The minimum atomic E-state index is -0.881. The predicted molar refractivity (Wildman–Crippen MR) is 82.4 cm³/mol. The van der Waals surface area contributed by atoms with Crippen molar-refractivity contribution in [2.45, 2.75) is 45.6 Å². The minimum absolute atomic E-state index is 0.349. The molecule has 1 aliphatic carbocycles. The Hall–Kier alpha value is -1.84. The summed E-state index contributed by atoms with van der Waals surface area (Å²) in [5.41, 5.74) is 1.88. The molecule has 1 fully saturated rings. The molecule has 1 aromatic heterocycles. The number of benzene rings is 1. The van der Waals surface area contributed by atoms with Gasteiger partial charge in [0.05, 0.1) is 22.9 Å². The Morgan fingerprint density at radius 2 is 2.10 bits per heavy atom. The molecule has 1 saturated carbocycles. The molecule has 4 nitrogen and oxygen atoms in total. The Labute approximate surface area is 124 Å². The van der Waals surface area contributed by atoms with Crippen molar-refractivity contribution in [2.24, 2.45) is 11.8 Å². The fraction of sp³-hybridized carbons (Fsp3) is 0.529. The number of hydrogen-bond donors (Lipinski definition) is 1. The zero-order valence-electron chi connectivity index (χ0n) is 12.5. The normalized spacial score (nSPS) is 22.5. The fourth-order valence-electron chi connectivity index (χ4n) is 3.41. The van der Waals surface area contributed by atoms with Crippen molar-refractivity contribution >= 4 is 17.0 Å². The number of nitrogens with zero attached hydrogens (tertiary/aromatic N) is 2. The molecular formula is C17H22N2O2. The van der Waals surface area contributed by atoms with Crippen molar-refractivity contribution in [3.05, 3.63) is 30.1 Å². The van der Waals surface area contributed by atoms with Crippen LogP contribution in [0.1, 0.15) is 49.4 Å². The third-order valence-corrected chi connectivity index (χ3v) is 4.78. The van der Waals surface area contributed by atoms with Crippen LogP contribution >= 0.6 is 0 Å². The van der Waals surface area contributed by atoms with E-state index < -0.39 is 5.97 Å². The second-order valence-electron chi connectivity index (χ2n) is 6.33. The van der Waals surface area contributed by atoms with Gasteiger partial charge in [-0.1, -0.05) is 38.7 Å². The molecule has 0 radical (unpaired) electrons. The van der Waals surface area contributed by atoms with E-state index in [0.29, 0.717) is 5.56 Å². The lowest BCUT2D eigenvalue weighted by molar-refractivity contribution is 0.0698. The van der Waals surface area contributed by atoms with Gasteiger partial charge in [0, 0.05) is 6.54 Å². The zero-order valence-corrected chi connectivity index (χ0v) is 12.5. The van der Waals surface area contributed by atoms with Crippen LogP contribution < -0.4 is 0 Å². The summed E-state index contributed by atoms with van der Waals surface area (Å²) in [4.78, 5) is 15.7. The van der Waals surface area contributed by atoms with Gasteiger partial charge in [-0.05, 0) is 30.4 Å². The maximum absolute atomic E-state index is 11.4. The Kier molecular flexibility index (Phi) is 3.95. The van der Waals surface area contributed by atoms with Gasteiger partial charge in [0.2, 0.25) is 0 Å². The van der Waals surface area contributed by atoms with Crippen LogP contribution in [0.15, 0.2) is 24.5 Å². The standard InChI is InChI=1S/C17H22N2O2/c1-12-5-7-13(8-6-12)9-10-19-11-18-15-4-2-3-14(16(15)19)17(20)21/h2-4,11-13H,5-10H2,1H3,(H,20,21). The van der Waals surface area contributed by atoms with Crippen molar-refractivity contribution in [1.29, 1.82) is 0 Å². The molecular weight excluding hydrogens is 264 g/mol. The molecule has 1 aliphatic rings. The Morgan fingerprint density at radius 3 is 2.81 bits per heavy atom. The summed E-state index contributed by atoms with van der Waals surface area (Å²) in [5.74, 6) is 0.762. The van der Waals surface area contributed by atoms with Crippen molar-refractivity contribution < 1.29 is 9.90 Å². The van der Waals surface area contributed by atoms with Crippen LogP contribution in [-0.2, 0) is 6.54 Å². The molecule has 0 amide bonds. The number of aromatic nitrogens is 2. The number of aryl methyl sites for hydroxylation is 1. The average molecular weight is 286 g/mol. The topological polar surface area (TPSA) is 55.1 Å². The number of para-hydroxylation sites is 1. The van der Waals surface area contributed by atoms with E-state index in [1.165, 1.54) is 25.7 Å². The molecule has 0 bridgehead atoms. The van der Waals surface area contributed by atoms with Crippen LogP contribution in [0.3, 0.4) is 0 Å². The Morgan fingerprint density at radius 1 is 1.33 bits per heavy atom. The maximum Gasteiger partial charge on any atom is 0.337 e. The lowest BCUT2D eigenvalue weighted by Gasteiger charge is -2.26. The van der Waals surface area contributed by atoms with Gasteiger partial charge >= 0.3 is 5.97 Å². The van der Waals surface area contributed by atoms with Crippen molar-refractivity contribution in [1.82, 2.24) is 9.55 Å². The first kappa shape index (κ1) is 14.1. The van der Waals surface area contributed by atoms with E-state index in [1.807, 2.05) is 10.6 Å². The Bertz CT molecular complexity index is 639. The summed E-state index contributed by atoms with van der Waals surface area (Å²) in [6.45, 7) is 3.19. The van der Waals surface area contributed by atoms with Crippen LogP contribution in [-0.4, -0.2) is 20.6 Å². The van der Waals surface area contributed by atoms with Crippen molar-refractivity contribution in [3.63, 3.8) is 0 Å². The molecule has 112 valence electrons. The molecule has 0 unspecified atom stereocenters. The number of carboxylic acid groups (broad SMARTS) is 1. The predicted octanol–water partition coefficient (Wildman–Crippen LogP) is 3.95. The molecule has 4 heteroatoms. The number of aromatic carboxylic acids is 1. The summed E-state index contributed by atoms with van der Waals surface area (Å²) in [7, 11) is 0. The first-order chi connectivity index (χ1) is 10.1. The average Bonchev–Trinajstić information content (AvgIpc) is 2.90. The number of carbonyl (C=O) groups is 1. The van der Waals surface area contributed by atoms with E-state index >= 15 is 0 Å². The van der Waals surface area contributed by atoms with E-state index in [1.54, 1.807) is 18.5 Å². The lowest BCUT2D eigenvalue weighted by Crippen LogP contribution is -2.14. The number of fused-ring (bicyclic) bond motifs is 1. The van der Waals surface area contributed by atoms with E-state index in [2.05, 4.69) is 11.9 Å². The molecule has 0 aliphatic heterocycles. The highest BCUT2D eigenvalue weighted by atomic mass is 16.4. The van der Waals surface area contributed by atoms with E-state index in [4.69, 9.17) is 0 Å². The molecule has 0 spiro atoms. The molecule has 21 heavy (non-hydrogen) atoms. The van der Waals surface area contributed by atoms with Crippen molar-refractivity contribution in [2.75, 3.05) is 0 Å². The first-order valence-electron chi connectivity index (χ1n) is 7.82. The van der Waals surface area contributed by atoms with E-state index in [9.17, 15) is 9.90 Å². The van der Waals surface area contributed by atoms with Gasteiger partial charge in [0.25, 0.3) is 0 Å². The highest BCUT2D eigenvalue weighted by Gasteiger charge is 2.19. The summed E-state index contributed by atoms with van der Waals surface area (Å²) in [6.07, 6.45) is 8.17. The number of carboxylic acids is 1. The fourth-order valence-corrected chi connectivity index (χ4v) is 3.41. The largest absolute Gasteiger partial charge is 0.478 e. The molecule has 1 heterocycles. The summed E-state index contributed by atoms with van der Waals surface area (Å²) in [5, 5.41) is 9.33. The smallest absolute Gasteiger partial charge is 0.337 e. The quantitative estimate of drug-likeness (QED) is 0.925. The highest BCUT2D eigenvalue weighted by Crippen LogP contribution is 2.31. The van der Waals surface area contributed by atoms with Crippen LogP contribution in [0.5, 0.6) is 0 Å². The lowest BCUT2D eigenvalue weighted by atomic mass is 9.81. The van der Waals surface area contributed by atoms with Crippen LogP contribution in [0.25, 0.3) is 11.0 Å². The van der Waals surface area contributed by atoms with Gasteiger partial charge in [0.1, 0.15) is 0 Å². The Balaban J connectivity index is 1.76. The second-order valence-corrected chi connectivity index (χ2v) is 6.33. The minimum Gasteiger partial charge on any atom is -0.478 e. The number of rotatable bonds is 4. The second kappa shape index (κ2) is 5.88. The highest BCUT2D eigenvalue weighted by molar-refractivity contribution is 6.01. The summed E-state index contributed by atoms with van der Waals surface area (Å²) >= 11 is 0. The summed E-state index contributed by atoms with van der Waals surface area (Å²) < 4.78 is 2.01. The zero-order chi connectivity index (χ0) is 14.8. The van der Waals surface area contributed by atoms with E-state index in [-0.39, 0.29) is 0 Å². The SMILES string of the molecule is CC1CCC(CCn2cnc3cccc(C(=O)O)c32)CC1. The molecule has 1 aromatic carbocycles.